The smallest absolute Gasteiger partial charge is 0.231 e. The largest absolute Gasteiger partial charge is 0.357 e. The van der Waals surface area contributed by atoms with Crippen molar-refractivity contribution in [2.24, 2.45) is 5.92 Å². The molecule has 0 saturated carbocycles. The lowest BCUT2D eigenvalue weighted by atomic mass is 10.1. The lowest BCUT2D eigenvalue weighted by molar-refractivity contribution is 0.581. The average molecular weight is 278 g/mol. The highest BCUT2D eigenvalue weighted by Crippen LogP contribution is 2.20. The van der Waals surface area contributed by atoms with Crippen LogP contribution in [0.25, 0.3) is 0 Å². The molecule has 1 N–H and O–H groups in total. The van der Waals surface area contributed by atoms with Crippen molar-refractivity contribution in [3.63, 3.8) is 0 Å². The Bertz CT molecular complexity index is 428. The van der Waals surface area contributed by atoms with Crippen molar-refractivity contribution in [2.45, 2.75) is 33.1 Å². The van der Waals surface area contributed by atoms with Crippen LogP contribution in [0.15, 0.2) is 0 Å². The molecule has 1 fully saturated rings. The highest BCUT2D eigenvalue weighted by Gasteiger charge is 2.18. The van der Waals surface area contributed by atoms with Gasteiger partial charge in [0.25, 0.3) is 0 Å². The van der Waals surface area contributed by atoms with Crippen LogP contribution in [0.2, 0.25) is 0 Å². The van der Waals surface area contributed by atoms with Gasteiger partial charge in [0.05, 0.1) is 0 Å². The minimum Gasteiger partial charge on any atom is -0.357 e. The molecule has 2 heterocycles. The van der Waals surface area contributed by atoms with Crippen LogP contribution in [0, 0.1) is 5.92 Å². The normalized spacial score (nSPS) is 14.9. The van der Waals surface area contributed by atoms with E-state index in [1.54, 1.807) is 0 Å². The van der Waals surface area contributed by atoms with Crippen LogP contribution in [-0.4, -0.2) is 48.7 Å². The van der Waals surface area contributed by atoms with Crippen molar-refractivity contribution >= 4 is 17.8 Å². The fourth-order valence-electron chi connectivity index (χ4n) is 2.25. The minimum absolute atomic E-state index is 0.647. The Morgan fingerprint density at radius 2 is 1.90 bits per heavy atom. The van der Waals surface area contributed by atoms with Gasteiger partial charge in [-0.3, -0.25) is 0 Å². The van der Waals surface area contributed by atoms with E-state index < -0.39 is 0 Å². The van der Waals surface area contributed by atoms with Crippen LogP contribution >= 0.6 is 0 Å². The number of anilines is 3. The van der Waals surface area contributed by atoms with Gasteiger partial charge in [-0.05, 0) is 25.2 Å². The topological polar surface area (TPSA) is 57.2 Å². The molecule has 0 radical (unpaired) electrons. The van der Waals surface area contributed by atoms with E-state index in [9.17, 15) is 0 Å². The average Bonchev–Trinajstić information content (AvgIpc) is 2.98. The Morgan fingerprint density at radius 1 is 1.20 bits per heavy atom. The van der Waals surface area contributed by atoms with Crippen molar-refractivity contribution in [2.75, 3.05) is 48.8 Å². The first kappa shape index (κ1) is 14.8. The molecule has 6 nitrogen and oxygen atoms in total. The van der Waals surface area contributed by atoms with Gasteiger partial charge in [-0.1, -0.05) is 13.8 Å². The first-order chi connectivity index (χ1) is 9.60. The van der Waals surface area contributed by atoms with Gasteiger partial charge < -0.3 is 15.1 Å². The first-order valence-electron chi connectivity index (χ1n) is 7.50. The summed E-state index contributed by atoms with van der Waals surface area (Å²) in [6, 6.07) is 0. The van der Waals surface area contributed by atoms with Gasteiger partial charge >= 0.3 is 0 Å². The van der Waals surface area contributed by atoms with E-state index in [0.29, 0.717) is 11.9 Å². The Balaban J connectivity index is 2.16. The van der Waals surface area contributed by atoms with Crippen LogP contribution in [0.5, 0.6) is 0 Å². The predicted molar refractivity (Wildman–Crippen MR) is 83.5 cm³/mol. The zero-order chi connectivity index (χ0) is 14.5. The Kier molecular flexibility index (Phi) is 4.98. The lowest BCUT2D eigenvalue weighted by Gasteiger charge is -2.21. The van der Waals surface area contributed by atoms with Crippen molar-refractivity contribution in [3.05, 3.63) is 0 Å². The minimum atomic E-state index is 0.647. The van der Waals surface area contributed by atoms with E-state index in [2.05, 4.69) is 43.9 Å². The molecule has 0 aromatic carbocycles. The molecule has 2 rings (SSSR count). The molecule has 1 saturated heterocycles. The summed E-state index contributed by atoms with van der Waals surface area (Å²) in [6.07, 6.45) is 3.58. The molecule has 0 atom stereocenters. The number of rotatable bonds is 6. The van der Waals surface area contributed by atoms with Crippen molar-refractivity contribution < 1.29 is 0 Å². The number of nitrogens with zero attached hydrogens (tertiary/aromatic N) is 5. The second-order valence-electron chi connectivity index (χ2n) is 5.81. The van der Waals surface area contributed by atoms with Gasteiger partial charge in [-0.2, -0.15) is 15.0 Å². The Morgan fingerprint density at radius 3 is 2.50 bits per heavy atom. The maximum absolute atomic E-state index is 4.63. The van der Waals surface area contributed by atoms with Crippen LogP contribution < -0.4 is 15.1 Å². The van der Waals surface area contributed by atoms with Gasteiger partial charge in [0.1, 0.15) is 0 Å². The van der Waals surface area contributed by atoms with E-state index in [-0.39, 0.29) is 0 Å². The van der Waals surface area contributed by atoms with Crippen molar-refractivity contribution in [3.8, 4) is 0 Å². The molecule has 0 amide bonds. The first-order valence-corrected chi connectivity index (χ1v) is 7.50. The fourth-order valence-corrected chi connectivity index (χ4v) is 2.25. The van der Waals surface area contributed by atoms with E-state index >= 15 is 0 Å². The fraction of sp³-hybridized carbons (Fsp3) is 0.786. The van der Waals surface area contributed by atoms with Crippen molar-refractivity contribution in [1.29, 1.82) is 0 Å². The van der Waals surface area contributed by atoms with E-state index in [1.165, 1.54) is 12.8 Å². The molecule has 0 spiro atoms. The molecule has 6 heteroatoms. The van der Waals surface area contributed by atoms with Crippen LogP contribution in [-0.2, 0) is 0 Å². The summed E-state index contributed by atoms with van der Waals surface area (Å²) in [4.78, 5) is 17.9. The monoisotopic (exact) mass is 278 g/mol. The van der Waals surface area contributed by atoms with E-state index in [1.807, 2.05) is 14.1 Å². The summed E-state index contributed by atoms with van der Waals surface area (Å²) < 4.78 is 0. The van der Waals surface area contributed by atoms with Crippen LogP contribution in [0.1, 0.15) is 33.1 Å². The SMILES string of the molecule is CNc1nc(N(C)CCC(C)C)nc(N2CCCC2)n1. The molecule has 0 aliphatic carbocycles. The standard InChI is InChI=1S/C14H26N6/c1-11(2)7-10-19(4)13-16-12(15-3)17-14(18-13)20-8-5-6-9-20/h11H,5-10H2,1-4H3,(H,15,16,17,18). The predicted octanol–water partition coefficient (Wildman–Crippen LogP) is 2.00. The summed E-state index contributed by atoms with van der Waals surface area (Å²) in [6.45, 7) is 7.51. The van der Waals surface area contributed by atoms with E-state index in [0.717, 1.165) is 38.0 Å². The number of nitrogens with one attached hydrogen (secondary N) is 1. The maximum atomic E-state index is 4.63. The van der Waals surface area contributed by atoms with Gasteiger partial charge in [0.2, 0.25) is 17.8 Å². The summed E-state index contributed by atoms with van der Waals surface area (Å²) in [5, 5.41) is 3.04. The van der Waals surface area contributed by atoms with Crippen LogP contribution in [0.3, 0.4) is 0 Å². The number of hydrogen-bond donors (Lipinski definition) is 1. The zero-order valence-electron chi connectivity index (χ0n) is 13.1. The third-order valence-electron chi connectivity index (χ3n) is 3.61. The molecule has 1 aromatic rings. The van der Waals surface area contributed by atoms with Gasteiger partial charge in [0, 0.05) is 33.7 Å². The van der Waals surface area contributed by atoms with Crippen LogP contribution in [0.4, 0.5) is 17.8 Å². The summed E-state index contributed by atoms with van der Waals surface area (Å²) in [7, 11) is 3.89. The summed E-state index contributed by atoms with van der Waals surface area (Å²) in [5.74, 6) is 2.88. The zero-order valence-corrected chi connectivity index (χ0v) is 13.1. The van der Waals surface area contributed by atoms with Gasteiger partial charge in [-0.25, -0.2) is 0 Å². The Labute approximate surface area is 121 Å². The molecule has 0 unspecified atom stereocenters. The maximum Gasteiger partial charge on any atom is 0.231 e. The third kappa shape index (κ3) is 3.71. The molecule has 112 valence electrons. The highest BCUT2D eigenvalue weighted by atomic mass is 15.4. The molecule has 1 aliphatic heterocycles. The highest BCUT2D eigenvalue weighted by molar-refractivity contribution is 5.45. The second-order valence-corrected chi connectivity index (χ2v) is 5.81. The number of aromatic nitrogens is 3. The van der Waals surface area contributed by atoms with E-state index in [4.69, 9.17) is 0 Å². The number of hydrogen-bond acceptors (Lipinski definition) is 6. The second kappa shape index (κ2) is 6.72. The Hall–Kier alpha value is -1.59. The molecule has 0 bridgehead atoms. The molecular formula is C14H26N6. The summed E-state index contributed by atoms with van der Waals surface area (Å²) >= 11 is 0. The van der Waals surface area contributed by atoms with Gasteiger partial charge in [0.15, 0.2) is 0 Å². The molecule has 20 heavy (non-hydrogen) atoms. The molecule has 1 aliphatic rings. The lowest BCUT2D eigenvalue weighted by Crippen LogP contribution is -2.26. The summed E-state index contributed by atoms with van der Waals surface area (Å²) in [5.41, 5.74) is 0. The van der Waals surface area contributed by atoms with Gasteiger partial charge in [-0.15, -0.1) is 0 Å². The quantitative estimate of drug-likeness (QED) is 0.859. The van der Waals surface area contributed by atoms with Crippen molar-refractivity contribution in [1.82, 2.24) is 15.0 Å². The third-order valence-corrected chi connectivity index (χ3v) is 3.61. The molecular weight excluding hydrogens is 252 g/mol. The molecule has 1 aromatic heterocycles.